The normalized spacial score (nSPS) is 12.6. The first kappa shape index (κ1) is 47.1. The molecule has 318 valence electrons. The number of hydrogen-bond donors (Lipinski definition) is 0. The summed E-state index contributed by atoms with van der Waals surface area (Å²) < 4.78 is 93.5. The maximum Gasteiger partial charge on any atom is 0.647 e. The van der Waals surface area contributed by atoms with Crippen LogP contribution in [0.15, 0.2) is 207 Å². The number of hydrogen-bond acceptors (Lipinski definition) is 12. The molecule has 0 radical (unpaired) electrons. The molecule has 15 heteroatoms. The van der Waals surface area contributed by atoms with Crippen molar-refractivity contribution >= 4 is 23.5 Å². The molecule has 0 saturated carbocycles. The number of para-hydroxylation sites is 4. The van der Waals surface area contributed by atoms with E-state index in [4.69, 9.17) is 40.7 Å². The molecular weight excluding hydrogens is 837 g/mol. The average molecular weight is 885 g/mol. The highest BCUT2D eigenvalue weighted by Crippen LogP contribution is 2.54. The van der Waals surface area contributed by atoms with Gasteiger partial charge < -0.3 is 40.7 Å². The topological polar surface area (TPSA) is 134 Å². The predicted molar refractivity (Wildman–Crippen MR) is 239 cm³/mol. The lowest BCUT2D eigenvalue weighted by molar-refractivity contribution is 0.262. The Morgan fingerprint density at radius 3 is 0.787 bits per heavy atom. The third-order valence-corrected chi connectivity index (χ3v) is 11.0. The van der Waals surface area contributed by atoms with E-state index in [-0.39, 0.29) is 51.8 Å². The Bertz CT molecular complexity index is 2350. The number of benzene rings is 6. The second-order valence-electron chi connectivity index (χ2n) is 11.4. The first-order valence-electron chi connectivity index (χ1n) is 19.0. The second kappa shape index (κ2) is 23.9. The van der Waals surface area contributed by atoms with E-state index in [1.165, 1.54) is 66.8 Å². The van der Waals surface area contributed by atoms with E-state index in [1.807, 2.05) is 27.7 Å². The minimum Gasteiger partial charge on any atom is -0.386 e. The lowest BCUT2D eigenvalue weighted by Crippen LogP contribution is -2.08. The lowest BCUT2D eigenvalue weighted by atomic mass is 10.3. The number of phosphoric acid groups is 3. The lowest BCUT2D eigenvalue weighted by Gasteiger charge is -2.21. The fraction of sp³-hybridized carbons (Fsp3) is 0.0870. The smallest absolute Gasteiger partial charge is 0.386 e. The number of rotatable bonds is 20. The van der Waals surface area contributed by atoms with E-state index in [0.717, 1.165) is 0 Å². The summed E-state index contributed by atoms with van der Waals surface area (Å²) in [6.45, 7) is 15.3. The molecule has 6 aromatic rings. The Labute approximate surface area is 357 Å². The first-order valence-corrected chi connectivity index (χ1v) is 23.4. The SMILES string of the molecule is C=C/C=C(\C=C)OP(=O)(Oc1ccccc1)Oc1ccc(OP(=O)(Oc2ccccc2)Oc2ccc(OP(=O)(Oc3ccccc3)Oc3ccccc3)cc2)cc1.CC.CC. The minimum atomic E-state index is -4.48. The van der Waals surface area contributed by atoms with Crippen molar-refractivity contribution in [2.45, 2.75) is 27.7 Å². The Kier molecular flexibility index (Phi) is 18.4. The highest BCUT2D eigenvalue weighted by Gasteiger charge is 2.36. The van der Waals surface area contributed by atoms with Crippen LogP contribution < -0.4 is 36.2 Å². The number of allylic oxidation sites excluding steroid dienone is 3. The van der Waals surface area contributed by atoms with Crippen molar-refractivity contribution in [2.75, 3.05) is 0 Å². The van der Waals surface area contributed by atoms with Crippen LogP contribution in [0, 0.1) is 0 Å². The van der Waals surface area contributed by atoms with Gasteiger partial charge in [-0.05, 0) is 109 Å². The van der Waals surface area contributed by atoms with Crippen LogP contribution in [-0.2, 0) is 18.2 Å². The second-order valence-corrected chi connectivity index (χ2v) is 15.7. The molecule has 2 unspecified atom stereocenters. The van der Waals surface area contributed by atoms with Crippen molar-refractivity contribution < 1.29 is 54.4 Å². The van der Waals surface area contributed by atoms with Gasteiger partial charge in [-0.1, -0.05) is 120 Å². The van der Waals surface area contributed by atoms with Crippen LogP contribution in [-0.4, -0.2) is 0 Å². The van der Waals surface area contributed by atoms with Gasteiger partial charge in [0.15, 0.2) is 0 Å². The van der Waals surface area contributed by atoms with Crippen LogP contribution >= 0.6 is 23.5 Å². The molecule has 0 aliphatic carbocycles. The average Bonchev–Trinajstić information content (AvgIpc) is 3.27. The molecule has 0 N–H and O–H groups in total. The summed E-state index contributed by atoms with van der Waals surface area (Å²) in [4.78, 5) is 0. The Morgan fingerprint density at radius 2 is 0.574 bits per heavy atom. The largest absolute Gasteiger partial charge is 0.647 e. The van der Waals surface area contributed by atoms with Gasteiger partial charge in [-0.25, -0.2) is 0 Å². The van der Waals surface area contributed by atoms with E-state index in [0.29, 0.717) is 0 Å². The van der Waals surface area contributed by atoms with E-state index in [1.54, 1.807) is 121 Å². The van der Waals surface area contributed by atoms with Gasteiger partial charge >= 0.3 is 23.5 Å². The molecule has 2 atom stereocenters. The summed E-state index contributed by atoms with van der Waals surface area (Å²) in [5, 5.41) is 0. The maximum atomic E-state index is 14.3. The van der Waals surface area contributed by atoms with Gasteiger partial charge in [0.2, 0.25) is 0 Å². The summed E-state index contributed by atoms with van der Waals surface area (Å²) in [6.07, 6.45) is 4.20. The monoisotopic (exact) mass is 884 g/mol. The zero-order valence-electron chi connectivity index (χ0n) is 34.1. The highest BCUT2D eigenvalue weighted by atomic mass is 31.2. The standard InChI is InChI=1S/C42H35O12P3.2C2H6/c1-3-17-34(4-2)46-55(43,47-35-18-9-5-10-19-35)51-39-26-28-41(29-27-39)53-57(45,50-38-24-15-8-16-25-38)54-42-32-30-40(31-33-42)52-56(44,48-36-20-11-6-12-21-36)49-37-22-13-7-14-23-37;2*1-2/h3-33H,1-2H2;2*1-2H3/b34-17+;;. The molecule has 0 bridgehead atoms. The van der Waals surface area contributed by atoms with Crippen LogP contribution in [0.1, 0.15) is 27.7 Å². The molecule has 0 aromatic heterocycles. The predicted octanol–water partition coefficient (Wildman–Crippen LogP) is 14.9. The van der Waals surface area contributed by atoms with Crippen LogP contribution in [0.4, 0.5) is 0 Å². The zero-order chi connectivity index (χ0) is 44.0. The van der Waals surface area contributed by atoms with Crippen molar-refractivity contribution in [2.24, 2.45) is 0 Å². The summed E-state index contributed by atoms with van der Waals surface area (Å²) in [5.74, 6) is 1.27. The van der Waals surface area contributed by atoms with Gasteiger partial charge in [-0.15, -0.1) is 0 Å². The van der Waals surface area contributed by atoms with Gasteiger partial charge in [-0.3, -0.25) is 0 Å². The molecular formula is C46H47O12P3. The van der Waals surface area contributed by atoms with Gasteiger partial charge in [0.05, 0.1) is 0 Å². The molecule has 12 nitrogen and oxygen atoms in total. The molecule has 6 aromatic carbocycles. The zero-order valence-corrected chi connectivity index (χ0v) is 36.7. The number of phosphoric ester groups is 3. The third-order valence-electron chi connectivity index (χ3n) is 7.06. The summed E-state index contributed by atoms with van der Waals surface area (Å²) in [6, 6.07) is 44.8. The molecule has 0 saturated heterocycles. The molecule has 0 fully saturated rings. The molecule has 0 spiro atoms. The molecule has 0 aliphatic rings. The van der Waals surface area contributed by atoms with Crippen molar-refractivity contribution in [3.8, 4) is 46.0 Å². The molecule has 6 rings (SSSR count). The Hall–Kier alpha value is -6.57. The Morgan fingerprint density at radius 1 is 0.361 bits per heavy atom. The van der Waals surface area contributed by atoms with E-state index < -0.39 is 23.5 Å². The molecule has 0 aliphatic heterocycles. The molecule has 0 heterocycles. The molecule has 61 heavy (non-hydrogen) atoms. The van der Waals surface area contributed by atoms with Crippen LogP contribution in [0.2, 0.25) is 0 Å². The Balaban J connectivity index is 0.00000199. The maximum absolute atomic E-state index is 14.3. The fourth-order valence-electron chi connectivity index (χ4n) is 4.63. The highest BCUT2D eigenvalue weighted by molar-refractivity contribution is 7.50. The summed E-state index contributed by atoms with van der Waals surface area (Å²) >= 11 is 0. The van der Waals surface area contributed by atoms with Gasteiger partial charge in [0.1, 0.15) is 51.8 Å². The third kappa shape index (κ3) is 15.5. The quantitative estimate of drug-likeness (QED) is 0.0410. The van der Waals surface area contributed by atoms with Crippen molar-refractivity contribution in [3.63, 3.8) is 0 Å². The minimum absolute atomic E-state index is 0.0386. The van der Waals surface area contributed by atoms with Crippen molar-refractivity contribution in [1.29, 1.82) is 0 Å². The van der Waals surface area contributed by atoms with Crippen molar-refractivity contribution in [3.05, 3.63) is 207 Å². The van der Waals surface area contributed by atoms with Crippen LogP contribution in [0.5, 0.6) is 46.0 Å². The summed E-state index contributed by atoms with van der Waals surface area (Å²) in [5.41, 5.74) is 0. The van der Waals surface area contributed by atoms with Crippen LogP contribution in [0.25, 0.3) is 0 Å². The van der Waals surface area contributed by atoms with Gasteiger partial charge in [-0.2, -0.15) is 13.7 Å². The first-order chi connectivity index (χ1) is 29.6. The van der Waals surface area contributed by atoms with Crippen molar-refractivity contribution in [1.82, 2.24) is 0 Å². The van der Waals surface area contributed by atoms with Gasteiger partial charge in [0, 0.05) is 0 Å². The fourth-order valence-corrected chi connectivity index (χ4v) is 8.40. The van der Waals surface area contributed by atoms with E-state index >= 15 is 0 Å². The van der Waals surface area contributed by atoms with Crippen LogP contribution in [0.3, 0.4) is 0 Å². The molecule has 0 amide bonds. The van der Waals surface area contributed by atoms with Gasteiger partial charge in [0.25, 0.3) is 0 Å². The van der Waals surface area contributed by atoms with E-state index in [9.17, 15) is 13.7 Å². The van der Waals surface area contributed by atoms with E-state index in [2.05, 4.69) is 13.2 Å². The summed E-state index contributed by atoms with van der Waals surface area (Å²) in [7, 11) is -13.1.